The van der Waals surface area contributed by atoms with E-state index in [2.05, 4.69) is 20.2 Å². The predicted octanol–water partition coefficient (Wildman–Crippen LogP) is 2.75. The summed E-state index contributed by atoms with van der Waals surface area (Å²) in [5, 5.41) is 9.70. The van der Waals surface area contributed by atoms with E-state index < -0.39 is 16.0 Å². The highest BCUT2D eigenvalue weighted by molar-refractivity contribution is 7.90. The quantitative estimate of drug-likeness (QED) is 0.746. The molecular weight excluding hydrogens is 384 g/mol. The van der Waals surface area contributed by atoms with Crippen LogP contribution in [0.4, 0.5) is 11.4 Å². The summed E-state index contributed by atoms with van der Waals surface area (Å²) in [7, 11) is -4.20. The maximum Gasteiger partial charge on any atom is 0.343 e. The number of hydrogen-bond donors (Lipinski definition) is 2. The van der Waals surface area contributed by atoms with Gasteiger partial charge in [0.15, 0.2) is 16.5 Å². The number of carbonyl (C=O) groups excluding carboxylic acids is 1. The van der Waals surface area contributed by atoms with Gasteiger partial charge in [0.05, 0.1) is 18.0 Å². The molecule has 2 aromatic rings. The molecule has 1 aromatic heterocycles. The van der Waals surface area contributed by atoms with Gasteiger partial charge in [-0.25, -0.2) is 4.79 Å². The maximum absolute atomic E-state index is 12.9. The number of rotatable bonds is 4. The summed E-state index contributed by atoms with van der Waals surface area (Å²) in [6.45, 7) is 6.43. The minimum atomic E-state index is -4.20. The Morgan fingerprint density at radius 2 is 1.82 bits per heavy atom. The van der Waals surface area contributed by atoms with Gasteiger partial charge in [0, 0.05) is 5.70 Å². The van der Waals surface area contributed by atoms with Crippen LogP contribution in [0.5, 0.6) is 0 Å². The van der Waals surface area contributed by atoms with E-state index >= 15 is 0 Å². The summed E-state index contributed by atoms with van der Waals surface area (Å²) in [6, 6.07) is 7.12. The number of fused-ring (bicyclic) bond motifs is 1. The number of ether oxygens (including phenoxy) is 1. The van der Waals surface area contributed by atoms with Gasteiger partial charge in [0.2, 0.25) is 0 Å². The molecule has 0 spiro atoms. The van der Waals surface area contributed by atoms with Crippen LogP contribution >= 0.6 is 0 Å². The van der Waals surface area contributed by atoms with Crippen LogP contribution in [0.1, 0.15) is 25.3 Å². The monoisotopic (exact) mass is 404 g/mol. The summed E-state index contributed by atoms with van der Waals surface area (Å²) in [5.74, 6) is -0.721. The van der Waals surface area contributed by atoms with Crippen LogP contribution in [0.2, 0.25) is 0 Å². The summed E-state index contributed by atoms with van der Waals surface area (Å²) >= 11 is 0. The van der Waals surface area contributed by atoms with Crippen molar-refractivity contribution < 1.29 is 22.5 Å². The summed E-state index contributed by atoms with van der Waals surface area (Å²) < 4.78 is 39.8. The summed E-state index contributed by atoms with van der Waals surface area (Å²) in [6.07, 6.45) is 0. The molecule has 0 fully saturated rings. The van der Waals surface area contributed by atoms with Crippen molar-refractivity contribution in [1.29, 1.82) is 0 Å². The summed E-state index contributed by atoms with van der Waals surface area (Å²) in [4.78, 5) is 12.4. The molecule has 10 heteroatoms. The van der Waals surface area contributed by atoms with Gasteiger partial charge in [0.25, 0.3) is 10.0 Å². The average molecular weight is 404 g/mol. The first kappa shape index (κ1) is 19.6. The van der Waals surface area contributed by atoms with Gasteiger partial charge in [-0.2, -0.15) is 8.42 Å². The minimum absolute atomic E-state index is 0.00612. The fraction of sp³-hybridized carbons (Fsp3) is 0.278. The molecule has 0 atom stereocenters. The Morgan fingerprint density at radius 1 is 1.18 bits per heavy atom. The molecule has 0 saturated carbocycles. The number of aryl methyl sites for hydroxylation is 2. The van der Waals surface area contributed by atoms with Crippen LogP contribution < -0.4 is 10.6 Å². The first-order valence-corrected chi connectivity index (χ1v) is 9.98. The molecule has 0 bridgehead atoms. The second-order valence-electron chi connectivity index (χ2n) is 6.08. The SMILES string of the molecule is CCOC(=O)C1=C(C)Nc2ccccc2N/C1=N/S(=O)(=O)c1c(C)noc1C. The van der Waals surface area contributed by atoms with Gasteiger partial charge >= 0.3 is 5.97 Å². The first-order chi connectivity index (χ1) is 13.2. The number of hydrogen-bond acceptors (Lipinski definition) is 7. The highest BCUT2D eigenvalue weighted by Gasteiger charge is 2.30. The van der Waals surface area contributed by atoms with E-state index in [0.717, 1.165) is 0 Å². The third-order valence-electron chi connectivity index (χ3n) is 4.03. The van der Waals surface area contributed by atoms with E-state index in [-0.39, 0.29) is 34.4 Å². The van der Waals surface area contributed by atoms with Crippen molar-refractivity contribution >= 4 is 33.2 Å². The van der Waals surface area contributed by atoms with Crippen LogP contribution in [0, 0.1) is 13.8 Å². The number of allylic oxidation sites excluding steroid dienone is 1. The van der Waals surface area contributed by atoms with Crippen LogP contribution in [0.25, 0.3) is 0 Å². The van der Waals surface area contributed by atoms with Gasteiger partial charge in [-0.05, 0) is 39.8 Å². The molecule has 2 heterocycles. The molecule has 0 saturated heterocycles. The Labute approximate surface area is 162 Å². The number of anilines is 2. The number of carbonyl (C=O) groups is 1. The first-order valence-electron chi connectivity index (χ1n) is 8.54. The minimum Gasteiger partial charge on any atom is -0.462 e. The van der Waals surface area contributed by atoms with Crippen molar-refractivity contribution in [2.45, 2.75) is 32.6 Å². The van der Waals surface area contributed by atoms with Crippen molar-refractivity contribution in [3.05, 3.63) is 47.0 Å². The number of aromatic nitrogens is 1. The van der Waals surface area contributed by atoms with E-state index in [0.29, 0.717) is 17.1 Å². The Balaban J connectivity index is 2.20. The lowest BCUT2D eigenvalue weighted by molar-refractivity contribution is -0.137. The Hall–Kier alpha value is -3.14. The Morgan fingerprint density at radius 3 is 2.39 bits per heavy atom. The number of amidine groups is 1. The van der Waals surface area contributed by atoms with Gasteiger partial charge < -0.3 is 19.9 Å². The van der Waals surface area contributed by atoms with E-state index in [1.807, 2.05) is 6.07 Å². The zero-order chi connectivity index (χ0) is 20.5. The zero-order valence-electron chi connectivity index (χ0n) is 15.9. The highest BCUT2D eigenvalue weighted by atomic mass is 32.2. The maximum atomic E-state index is 12.9. The van der Waals surface area contributed by atoms with E-state index in [4.69, 9.17) is 9.26 Å². The van der Waals surface area contributed by atoms with E-state index in [1.54, 1.807) is 32.0 Å². The second-order valence-corrected chi connectivity index (χ2v) is 7.63. The lowest BCUT2D eigenvalue weighted by Crippen LogP contribution is -2.25. The molecule has 0 radical (unpaired) electrons. The molecule has 0 aliphatic carbocycles. The molecule has 28 heavy (non-hydrogen) atoms. The normalized spacial score (nSPS) is 15.5. The van der Waals surface area contributed by atoms with Crippen molar-refractivity contribution in [1.82, 2.24) is 5.16 Å². The largest absolute Gasteiger partial charge is 0.462 e. The van der Waals surface area contributed by atoms with E-state index in [9.17, 15) is 13.2 Å². The molecule has 1 aromatic carbocycles. The molecule has 1 aliphatic heterocycles. The number of nitrogens with one attached hydrogen (secondary N) is 2. The molecule has 148 valence electrons. The molecular formula is C18H20N4O5S. The molecule has 2 N–H and O–H groups in total. The van der Waals surface area contributed by atoms with Gasteiger partial charge in [0.1, 0.15) is 11.3 Å². The lowest BCUT2D eigenvalue weighted by atomic mass is 10.2. The van der Waals surface area contributed by atoms with Gasteiger partial charge in [-0.15, -0.1) is 4.40 Å². The van der Waals surface area contributed by atoms with Gasteiger partial charge in [-0.1, -0.05) is 17.3 Å². The Bertz CT molecular complexity index is 1080. The smallest absolute Gasteiger partial charge is 0.343 e. The summed E-state index contributed by atoms with van der Waals surface area (Å²) in [5.41, 5.74) is 1.82. The third kappa shape index (κ3) is 3.63. The van der Waals surface area contributed by atoms with Gasteiger partial charge in [-0.3, -0.25) is 0 Å². The van der Waals surface area contributed by atoms with E-state index in [1.165, 1.54) is 13.8 Å². The fourth-order valence-corrected chi connectivity index (χ4v) is 4.14. The number of esters is 1. The topological polar surface area (TPSA) is 123 Å². The van der Waals surface area contributed by atoms with Crippen LogP contribution in [0.3, 0.4) is 0 Å². The number of benzene rings is 1. The van der Waals surface area contributed by atoms with Crippen LogP contribution in [0.15, 0.2) is 49.4 Å². The zero-order valence-corrected chi connectivity index (χ0v) is 16.7. The molecule has 9 nitrogen and oxygen atoms in total. The molecule has 3 rings (SSSR count). The number of para-hydroxylation sites is 2. The predicted molar refractivity (Wildman–Crippen MR) is 104 cm³/mol. The van der Waals surface area contributed by atoms with Crippen molar-refractivity contribution in [2.24, 2.45) is 4.40 Å². The van der Waals surface area contributed by atoms with Crippen LogP contribution in [-0.4, -0.2) is 32.0 Å². The lowest BCUT2D eigenvalue weighted by Gasteiger charge is -2.12. The third-order valence-corrected chi connectivity index (χ3v) is 5.55. The molecule has 1 aliphatic rings. The number of sulfonamides is 1. The van der Waals surface area contributed by atoms with Crippen LogP contribution in [-0.2, 0) is 19.6 Å². The highest BCUT2D eigenvalue weighted by Crippen LogP contribution is 2.29. The fourth-order valence-electron chi connectivity index (χ4n) is 2.86. The Kier molecular flexibility index (Phi) is 5.23. The number of nitrogens with zero attached hydrogens (tertiary/aromatic N) is 2. The molecule has 0 amide bonds. The standard InChI is InChI=1S/C18H20N4O5S/c1-5-26-18(23)15-10(2)19-13-8-6-7-9-14(13)20-17(15)22-28(24,25)16-11(3)21-27-12(16)4/h6-9,19H,5H2,1-4H3,(H,20,22). The van der Waals surface area contributed by atoms with Crippen molar-refractivity contribution in [3.63, 3.8) is 0 Å². The van der Waals surface area contributed by atoms with Crippen molar-refractivity contribution in [3.8, 4) is 0 Å². The van der Waals surface area contributed by atoms with Crippen molar-refractivity contribution in [2.75, 3.05) is 17.2 Å². The average Bonchev–Trinajstić information content (AvgIpc) is 2.88. The second kappa shape index (κ2) is 7.47. The molecule has 0 unspecified atom stereocenters.